The van der Waals surface area contributed by atoms with E-state index in [9.17, 15) is 9.59 Å². The Morgan fingerprint density at radius 2 is 2.09 bits per heavy atom. The Morgan fingerprint density at radius 1 is 1.36 bits per heavy atom. The molecule has 0 aliphatic carbocycles. The van der Waals surface area contributed by atoms with Crippen LogP contribution < -0.4 is 0 Å². The van der Waals surface area contributed by atoms with Crippen LogP contribution in [0.4, 0.5) is 0 Å². The monoisotopic (exact) mass is 151 g/mol. The van der Waals surface area contributed by atoms with E-state index in [1.807, 2.05) is 0 Å². The van der Waals surface area contributed by atoms with Gasteiger partial charge in [-0.1, -0.05) is 0 Å². The van der Waals surface area contributed by atoms with Crippen LogP contribution in [0, 0.1) is 0 Å². The van der Waals surface area contributed by atoms with Gasteiger partial charge in [0.1, 0.15) is 11.4 Å². The minimum atomic E-state index is -0.217. The quantitative estimate of drug-likeness (QED) is 0.621. The van der Waals surface area contributed by atoms with Crippen molar-refractivity contribution in [3.8, 4) is 5.75 Å². The SMILES string of the molecule is O=Cc1cc(C=O)c(O)cn1. The van der Waals surface area contributed by atoms with E-state index < -0.39 is 0 Å². The third-order valence-electron chi connectivity index (χ3n) is 1.18. The molecule has 4 heteroatoms. The summed E-state index contributed by atoms with van der Waals surface area (Å²) in [6, 6.07) is 1.22. The lowest BCUT2D eigenvalue weighted by molar-refractivity contribution is 0.111. The molecule has 0 saturated heterocycles. The second-order valence-electron chi connectivity index (χ2n) is 1.90. The van der Waals surface area contributed by atoms with E-state index in [-0.39, 0.29) is 17.0 Å². The first-order valence-electron chi connectivity index (χ1n) is 2.87. The Labute approximate surface area is 62.5 Å². The van der Waals surface area contributed by atoms with Crippen molar-refractivity contribution in [1.82, 2.24) is 4.98 Å². The van der Waals surface area contributed by atoms with Crippen LogP contribution in [-0.4, -0.2) is 22.7 Å². The van der Waals surface area contributed by atoms with Gasteiger partial charge in [0.15, 0.2) is 12.6 Å². The van der Waals surface area contributed by atoms with E-state index in [1.54, 1.807) is 0 Å². The van der Waals surface area contributed by atoms with Crippen molar-refractivity contribution in [2.24, 2.45) is 0 Å². The standard InChI is InChI=1S/C7H5NO3/c9-3-5-1-6(4-10)8-2-7(5)11/h1-4,11H. The van der Waals surface area contributed by atoms with Crippen molar-refractivity contribution >= 4 is 12.6 Å². The molecule has 0 unspecified atom stereocenters. The number of hydrogen-bond acceptors (Lipinski definition) is 4. The third-order valence-corrected chi connectivity index (χ3v) is 1.18. The van der Waals surface area contributed by atoms with E-state index in [0.717, 1.165) is 6.20 Å². The number of hydrogen-bond donors (Lipinski definition) is 1. The maximum absolute atomic E-state index is 10.2. The highest BCUT2D eigenvalue weighted by molar-refractivity contribution is 5.82. The molecule has 0 amide bonds. The number of rotatable bonds is 2. The molecule has 0 fully saturated rings. The molecule has 1 rings (SSSR count). The number of aldehydes is 2. The van der Waals surface area contributed by atoms with Gasteiger partial charge in [0.05, 0.1) is 11.8 Å². The number of carbonyl (C=O) groups excluding carboxylic acids is 2. The van der Waals surface area contributed by atoms with Crippen LogP contribution in [0.3, 0.4) is 0 Å². The molecule has 56 valence electrons. The maximum Gasteiger partial charge on any atom is 0.168 e. The molecule has 0 aromatic carbocycles. The van der Waals surface area contributed by atoms with Gasteiger partial charge in [0.25, 0.3) is 0 Å². The normalized spacial score (nSPS) is 9.09. The molecular weight excluding hydrogens is 146 g/mol. The molecule has 1 N–H and O–H groups in total. The summed E-state index contributed by atoms with van der Waals surface area (Å²) in [5.74, 6) is -0.217. The van der Waals surface area contributed by atoms with E-state index in [2.05, 4.69) is 4.98 Å². The molecule has 0 spiro atoms. The number of nitrogens with zero attached hydrogens (tertiary/aromatic N) is 1. The summed E-state index contributed by atoms with van der Waals surface area (Å²) >= 11 is 0. The zero-order chi connectivity index (χ0) is 8.27. The summed E-state index contributed by atoms with van der Waals surface area (Å²) in [7, 11) is 0. The lowest BCUT2D eigenvalue weighted by Gasteiger charge is -1.94. The molecule has 0 aliphatic rings. The molecular formula is C7H5NO3. The van der Waals surface area contributed by atoms with Crippen LogP contribution in [0.2, 0.25) is 0 Å². The Bertz CT molecular complexity index is 296. The Morgan fingerprint density at radius 3 is 2.64 bits per heavy atom. The Balaban J connectivity index is 3.22. The first-order chi connectivity index (χ1) is 5.27. The summed E-state index contributed by atoms with van der Waals surface area (Å²) in [6.45, 7) is 0. The third kappa shape index (κ3) is 1.40. The predicted molar refractivity (Wildman–Crippen MR) is 36.7 cm³/mol. The van der Waals surface area contributed by atoms with Crippen LogP contribution in [0.25, 0.3) is 0 Å². The second-order valence-corrected chi connectivity index (χ2v) is 1.90. The second kappa shape index (κ2) is 2.92. The molecule has 1 aromatic rings. The highest BCUT2D eigenvalue weighted by atomic mass is 16.3. The van der Waals surface area contributed by atoms with Crippen molar-refractivity contribution in [2.45, 2.75) is 0 Å². The van der Waals surface area contributed by atoms with Crippen molar-refractivity contribution in [3.05, 3.63) is 23.5 Å². The van der Waals surface area contributed by atoms with Gasteiger partial charge in [-0.25, -0.2) is 4.98 Å². The minimum Gasteiger partial charge on any atom is -0.506 e. The van der Waals surface area contributed by atoms with Gasteiger partial charge in [-0.15, -0.1) is 0 Å². The highest BCUT2D eigenvalue weighted by Crippen LogP contribution is 2.12. The van der Waals surface area contributed by atoms with Crippen molar-refractivity contribution in [1.29, 1.82) is 0 Å². The van der Waals surface area contributed by atoms with Crippen LogP contribution in [0.15, 0.2) is 12.3 Å². The molecule has 0 aliphatic heterocycles. The molecule has 1 heterocycles. The van der Waals surface area contributed by atoms with Gasteiger partial charge in [-0.3, -0.25) is 9.59 Å². The van der Waals surface area contributed by atoms with Gasteiger partial charge >= 0.3 is 0 Å². The van der Waals surface area contributed by atoms with Gasteiger partial charge < -0.3 is 5.11 Å². The predicted octanol–water partition coefficient (Wildman–Crippen LogP) is 0.412. The van der Waals surface area contributed by atoms with Crippen LogP contribution >= 0.6 is 0 Å². The largest absolute Gasteiger partial charge is 0.506 e. The topological polar surface area (TPSA) is 67.3 Å². The summed E-state index contributed by atoms with van der Waals surface area (Å²) in [4.78, 5) is 23.8. The van der Waals surface area contributed by atoms with Crippen LogP contribution in [0.1, 0.15) is 20.8 Å². The smallest absolute Gasteiger partial charge is 0.168 e. The molecule has 0 radical (unpaired) electrons. The first-order valence-corrected chi connectivity index (χ1v) is 2.87. The Hall–Kier alpha value is -1.71. The molecule has 0 bridgehead atoms. The van der Waals surface area contributed by atoms with Crippen molar-refractivity contribution in [2.75, 3.05) is 0 Å². The summed E-state index contributed by atoms with van der Waals surface area (Å²) in [5.41, 5.74) is 0.201. The number of aromatic nitrogens is 1. The minimum absolute atomic E-state index is 0.0714. The van der Waals surface area contributed by atoms with Crippen molar-refractivity contribution in [3.63, 3.8) is 0 Å². The van der Waals surface area contributed by atoms with Gasteiger partial charge in [-0.2, -0.15) is 0 Å². The van der Waals surface area contributed by atoms with Gasteiger partial charge in [0, 0.05) is 0 Å². The summed E-state index contributed by atoms with van der Waals surface area (Å²) in [5, 5.41) is 8.92. The van der Waals surface area contributed by atoms with Gasteiger partial charge in [-0.05, 0) is 6.07 Å². The molecule has 0 saturated carbocycles. The van der Waals surface area contributed by atoms with E-state index >= 15 is 0 Å². The van der Waals surface area contributed by atoms with E-state index in [0.29, 0.717) is 12.6 Å². The zero-order valence-corrected chi connectivity index (χ0v) is 5.52. The number of pyridine rings is 1. The maximum atomic E-state index is 10.2. The Kier molecular flexibility index (Phi) is 1.96. The lowest BCUT2D eigenvalue weighted by Crippen LogP contribution is -1.89. The average Bonchev–Trinajstić information content (AvgIpc) is 2.05. The van der Waals surface area contributed by atoms with Crippen molar-refractivity contribution < 1.29 is 14.7 Å². The van der Waals surface area contributed by atoms with Crippen LogP contribution in [0.5, 0.6) is 5.75 Å². The molecule has 11 heavy (non-hydrogen) atoms. The van der Waals surface area contributed by atoms with Crippen LogP contribution in [-0.2, 0) is 0 Å². The fourth-order valence-corrected chi connectivity index (χ4v) is 0.640. The zero-order valence-electron chi connectivity index (χ0n) is 5.52. The van der Waals surface area contributed by atoms with E-state index in [1.165, 1.54) is 6.07 Å². The first kappa shape index (κ1) is 7.40. The fourth-order valence-electron chi connectivity index (χ4n) is 0.640. The number of carbonyl (C=O) groups is 2. The summed E-state index contributed by atoms with van der Waals surface area (Å²) < 4.78 is 0. The molecule has 0 atom stereocenters. The summed E-state index contributed by atoms with van der Waals surface area (Å²) in [6.07, 6.45) is 2.03. The fraction of sp³-hybridized carbons (Fsp3) is 0. The highest BCUT2D eigenvalue weighted by Gasteiger charge is 2.00. The average molecular weight is 151 g/mol. The van der Waals surface area contributed by atoms with E-state index in [4.69, 9.17) is 5.11 Å². The lowest BCUT2D eigenvalue weighted by atomic mass is 10.2. The number of aromatic hydroxyl groups is 1. The van der Waals surface area contributed by atoms with Gasteiger partial charge in [0.2, 0.25) is 0 Å². The molecule has 4 nitrogen and oxygen atoms in total. The molecule has 1 aromatic heterocycles.